The largest absolute Gasteiger partial charge is 0.480 e. The number of nitrogens with zero attached hydrogens (tertiary/aromatic N) is 2. The molecule has 0 saturated carbocycles. The third-order valence-corrected chi connectivity index (χ3v) is 12.8. The Morgan fingerprint density at radius 3 is 2.09 bits per heavy atom. The van der Waals surface area contributed by atoms with Gasteiger partial charge in [-0.05, 0) is 63.9 Å². The van der Waals surface area contributed by atoms with E-state index >= 15 is 0 Å². The molecule has 2 unspecified atom stereocenters. The first-order valence-corrected chi connectivity index (χ1v) is 25.0. The van der Waals surface area contributed by atoms with Crippen molar-refractivity contribution in [2.45, 2.75) is 141 Å². The second-order valence-corrected chi connectivity index (χ2v) is 19.1. The van der Waals surface area contributed by atoms with E-state index in [0.29, 0.717) is 24.8 Å². The smallest absolute Gasteiger partial charge is 0.326 e. The number of esters is 1. The van der Waals surface area contributed by atoms with E-state index in [1.54, 1.807) is 19.1 Å². The number of ether oxygens (including phenoxy) is 1. The van der Waals surface area contributed by atoms with Crippen LogP contribution in [0.3, 0.4) is 0 Å². The molecule has 1 aromatic carbocycles. The van der Waals surface area contributed by atoms with Gasteiger partial charge in [0.1, 0.15) is 42.0 Å². The first-order valence-electron chi connectivity index (χ1n) is 25.0. The molecule has 0 bridgehead atoms. The molecule has 24 heteroatoms. The molecule has 76 heavy (non-hydrogen) atoms. The van der Waals surface area contributed by atoms with Crippen molar-refractivity contribution in [3.63, 3.8) is 0 Å². The third-order valence-electron chi connectivity index (χ3n) is 12.8. The molecule has 11 atom stereocenters. The Morgan fingerprint density at radius 1 is 0.842 bits per heavy atom. The average Bonchev–Trinajstić information content (AvgIpc) is 3.35. The molecule has 1 aromatic rings. The summed E-state index contributed by atoms with van der Waals surface area (Å²) >= 11 is 0. The molecule has 13 N–H and O–H groups in total. The van der Waals surface area contributed by atoms with Gasteiger partial charge in [-0.25, -0.2) is 9.59 Å². The van der Waals surface area contributed by atoms with Gasteiger partial charge in [-0.1, -0.05) is 86.7 Å². The van der Waals surface area contributed by atoms with Crippen molar-refractivity contribution in [2.75, 3.05) is 13.6 Å². The van der Waals surface area contributed by atoms with Crippen LogP contribution in [0.4, 0.5) is 0 Å². The lowest BCUT2D eigenvalue weighted by Crippen LogP contribution is -2.57. The predicted octanol–water partition coefficient (Wildman–Crippen LogP) is -0.0398. The van der Waals surface area contributed by atoms with Gasteiger partial charge in [0, 0.05) is 39.3 Å². The van der Waals surface area contributed by atoms with Crippen LogP contribution in [-0.4, -0.2) is 147 Å². The summed E-state index contributed by atoms with van der Waals surface area (Å²) in [5, 5.41) is 45.4. The van der Waals surface area contributed by atoms with Crippen molar-refractivity contribution in [1.82, 2.24) is 36.8 Å². The van der Waals surface area contributed by atoms with Gasteiger partial charge in [0.15, 0.2) is 5.96 Å². The minimum absolute atomic E-state index is 0.00769. The lowest BCUT2D eigenvalue weighted by Gasteiger charge is -2.28. The number of aliphatic hydroxyl groups excluding tert-OH is 1. The molecule has 0 radical (unpaired) electrons. The second kappa shape index (κ2) is 30.5. The summed E-state index contributed by atoms with van der Waals surface area (Å²) in [5.41, 5.74) is 12.1. The molecule has 1 saturated heterocycles. The molecule has 1 aliphatic carbocycles. The number of nitrogens with two attached hydrogens (primary N) is 2. The van der Waals surface area contributed by atoms with E-state index < -0.39 is 139 Å². The molecule has 1 heterocycles. The van der Waals surface area contributed by atoms with Crippen LogP contribution in [0.5, 0.6) is 0 Å². The number of hydrogen-bond donors (Lipinski definition) is 11. The maximum atomic E-state index is 14.4. The summed E-state index contributed by atoms with van der Waals surface area (Å²) in [6.07, 6.45) is 5.73. The van der Waals surface area contributed by atoms with Gasteiger partial charge in [-0.3, -0.25) is 43.3 Å². The summed E-state index contributed by atoms with van der Waals surface area (Å²) in [7, 11) is 1.19. The van der Waals surface area contributed by atoms with Gasteiger partial charge in [-0.2, -0.15) is 0 Å². The van der Waals surface area contributed by atoms with Gasteiger partial charge in [0.2, 0.25) is 35.4 Å². The molecule has 7 amide bonds. The Bertz CT molecular complexity index is 2400. The maximum Gasteiger partial charge on any atom is 0.326 e. The number of nitrogens with one attached hydrogen (secondary N) is 6. The minimum Gasteiger partial charge on any atom is -0.480 e. The van der Waals surface area contributed by atoms with E-state index in [-0.39, 0.29) is 43.6 Å². The fourth-order valence-corrected chi connectivity index (χ4v) is 8.21. The van der Waals surface area contributed by atoms with Crippen LogP contribution in [0.1, 0.15) is 91.5 Å². The Morgan fingerprint density at radius 2 is 1.49 bits per heavy atom. The number of carbonyl (C=O) groups is 10. The van der Waals surface area contributed by atoms with Gasteiger partial charge in [0.05, 0.1) is 24.5 Å². The van der Waals surface area contributed by atoms with Crippen LogP contribution in [0, 0.1) is 17.8 Å². The fraction of sp³-hybridized carbons (Fsp3) is 0.519. The molecule has 24 nitrogen and oxygen atoms in total. The Labute approximate surface area is 441 Å². The topological polar surface area (TPSA) is 380 Å². The minimum atomic E-state index is -1.92. The lowest BCUT2D eigenvalue weighted by atomic mass is 9.88. The number of allylic oxidation sites excluding steroid dienone is 3. The number of likely N-dealkylation sites (N-methyl/N-ethyl adjacent to an activating group) is 1. The van der Waals surface area contributed by atoms with E-state index in [9.17, 15) is 63.3 Å². The van der Waals surface area contributed by atoms with E-state index in [1.807, 2.05) is 43.3 Å². The lowest BCUT2D eigenvalue weighted by molar-refractivity contribution is -0.148. The van der Waals surface area contributed by atoms with Crippen molar-refractivity contribution >= 4 is 65.2 Å². The van der Waals surface area contributed by atoms with Crippen LogP contribution >= 0.6 is 0 Å². The van der Waals surface area contributed by atoms with Crippen LogP contribution in [0.15, 0.2) is 83.6 Å². The molecular weight excluding hydrogens is 989 g/mol. The number of carboxylic acid groups (broad SMARTS) is 2. The molecule has 1 aliphatic heterocycles. The van der Waals surface area contributed by atoms with Gasteiger partial charge >= 0.3 is 17.9 Å². The van der Waals surface area contributed by atoms with Crippen molar-refractivity contribution in [3.8, 4) is 0 Å². The highest BCUT2D eigenvalue weighted by Gasteiger charge is 2.35. The molecule has 3 rings (SSSR count). The molecule has 2 aliphatic rings. The molecule has 416 valence electrons. The van der Waals surface area contributed by atoms with Crippen molar-refractivity contribution in [2.24, 2.45) is 34.2 Å². The van der Waals surface area contributed by atoms with Gasteiger partial charge in [0.25, 0.3) is 5.91 Å². The monoisotopic (exact) mass is 1060 g/mol. The normalized spacial score (nSPS) is 26.2. The first kappa shape index (κ1) is 62.4. The average molecular weight is 1060 g/mol. The SMILES string of the molecule is C=C1C(=O)N[C@H](C)C(=O)N[C@@H](C[C@H]2C=C[C@H](O)CC2)C(=O)N[C@@H](C(=O)O)CC(=O)N[C@@H](CCCN=C(N)N)C(=O)NC(/C=C/C(C)=C/[C@H](C)[C@H](Cc2ccccc2)OC(C)=O)[C@H](C)C(=O)NC(C(=O)O)CCC(=O)N1C. The summed E-state index contributed by atoms with van der Waals surface area (Å²) in [6, 6.07) is 0.245. The molecular formula is C52H74N10O14. The summed E-state index contributed by atoms with van der Waals surface area (Å²) in [4.78, 5) is 138. The number of amides is 7. The van der Waals surface area contributed by atoms with Crippen molar-refractivity contribution < 1.29 is 68.0 Å². The number of aliphatic carboxylic acids is 2. The van der Waals surface area contributed by atoms with Gasteiger partial charge < -0.3 is 68.3 Å². The number of hydrogen-bond acceptors (Lipinski definition) is 13. The van der Waals surface area contributed by atoms with E-state index in [2.05, 4.69) is 43.5 Å². The van der Waals surface area contributed by atoms with Gasteiger partial charge in [-0.15, -0.1) is 0 Å². The molecule has 1 fully saturated rings. The maximum absolute atomic E-state index is 14.4. The Hall–Kier alpha value is -7.89. The van der Waals surface area contributed by atoms with Crippen LogP contribution < -0.4 is 43.4 Å². The second-order valence-electron chi connectivity index (χ2n) is 19.1. The standard InChI is InChI=1S/C52H74N10O14/c1-28(24-29(2)42(76-33(6)63)26-34-12-9-8-10-13-34)15-20-37-30(3)45(67)59-39(50(72)73)21-22-44(66)62(7)32(5)47(69)56-31(4)46(68)60-40(25-35-16-18-36(64)19-17-35)49(71)61-41(51(74)75)27-43(65)57-38(48(70)58-37)14-11-23-55-52(53)54/h8-10,12-13,15-16,18,20,24,29-31,35-42,64H,5,11,14,17,19,21-23,25-27H2,1-4,6-7H3,(H,56,69)(H,57,65)(H,58,70)(H,59,67)(H,60,68)(H,61,71)(H,72,73)(H,74,75)(H4,53,54,55)/b20-15+,28-24+/t29-,30-,31+,35-,36-,37?,38-,39?,40-,41+,42-/m0/s1. The fourth-order valence-electron chi connectivity index (χ4n) is 8.21. The highest BCUT2D eigenvalue weighted by molar-refractivity contribution is 6.00. The Balaban J connectivity index is 2.12. The zero-order chi connectivity index (χ0) is 56.8. The Kier molecular flexibility index (Phi) is 25.0. The number of carbonyl (C=O) groups excluding carboxylic acids is 8. The number of carboxylic acids is 2. The number of guanidine groups is 1. The molecule has 0 aromatic heterocycles. The summed E-state index contributed by atoms with van der Waals surface area (Å²) in [5.74, 6) is -12.4. The zero-order valence-corrected chi connectivity index (χ0v) is 43.8. The van der Waals surface area contributed by atoms with Crippen molar-refractivity contribution in [1.29, 1.82) is 0 Å². The number of aliphatic hydroxyl groups is 1. The first-order chi connectivity index (χ1) is 35.7. The highest BCUT2D eigenvalue weighted by atomic mass is 16.5. The van der Waals surface area contributed by atoms with E-state index in [4.69, 9.17) is 16.2 Å². The van der Waals surface area contributed by atoms with E-state index in [1.165, 1.54) is 40.0 Å². The molecule has 0 spiro atoms. The number of rotatable bonds is 15. The summed E-state index contributed by atoms with van der Waals surface area (Å²) < 4.78 is 5.67. The van der Waals surface area contributed by atoms with E-state index in [0.717, 1.165) is 10.5 Å². The van der Waals surface area contributed by atoms with Crippen LogP contribution in [0.25, 0.3) is 0 Å². The van der Waals surface area contributed by atoms with Crippen LogP contribution in [-0.2, 0) is 59.1 Å². The number of aliphatic imine (C=N–C) groups is 1. The highest BCUT2D eigenvalue weighted by Crippen LogP contribution is 2.23. The third kappa shape index (κ3) is 21.2. The predicted molar refractivity (Wildman–Crippen MR) is 278 cm³/mol. The van der Waals surface area contributed by atoms with Crippen molar-refractivity contribution in [3.05, 3.63) is 84.1 Å². The quantitative estimate of drug-likeness (QED) is 0.0209. The number of benzene rings is 1. The zero-order valence-electron chi connectivity index (χ0n) is 43.8. The summed E-state index contributed by atoms with van der Waals surface area (Å²) in [6.45, 7) is 11.2. The van der Waals surface area contributed by atoms with Crippen LogP contribution in [0.2, 0.25) is 0 Å².